The second-order valence-electron chi connectivity index (χ2n) is 7.83. The number of nitrogens with zero attached hydrogens (tertiary/aromatic N) is 2. The number of fused-ring (bicyclic) bond motifs is 1. The molecule has 0 saturated heterocycles. The lowest BCUT2D eigenvalue weighted by Crippen LogP contribution is -2.41. The van der Waals surface area contributed by atoms with Crippen molar-refractivity contribution in [3.63, 3.8) is 0 Å². The largest absolute Gasteiger partial charge is 0.497 e. The molecule has 3 aromatic rings. The van der Waals surface area contributed by atoms with Crippen LogP contribution in [0.4, 0.5) is 5.13 Å². The fourth-order valence-electron chi connectivity index (χ4n) is 4.16. The quantitative estimate of drug-likeness (QED) is 0.527. The standard InChI is InChI=1S/C23H27N3O4S2/c1-3-26(17-7-5-4-6-8-17)32(28,29)19-12-9-16(10-13-19)22(27)25-23-24-20-14-11-18(30-2)15-21(20)31-23/h9-15,17H,3-8H2,1-2H3,(H,24,25,27). The van der Waals surface area contributed by atoms with Gasteiger partial charge in [0.05, 0.1) is 22.2 Å². The van der Waals surface area contributed by atoms with E-state index >= 15 is 0 Å². The number of carbonyl (C=O) groups is 1. The zero-order valence-corrected chi connectivity index (χ0v) is 19.8. The highest BCUT2D eigenvalue weighted by molar-refractivity contribution is 7.89. The number of amides is 1. The van der Waals surface area contributed by atoms with Crippen molar-refractivity contribution in [3.05, 3.63) is 48.0 Å². The van der Waals surface area contributed by atoms with E-state index in [1.54, 1.807) is 23.5 Å². The van der Waals surface area contributed by atoms with E-state index in [1.165, 1.54) is 29.9 Å². The average molecular weight is 474 g/mol. The van der Waals surface area contributed by atoms with Crippen LogP contribution in [0.15, 0.2) is 47.4 Å². The van der Waals surface area contributed by atoms with E-state index in [4.69, 9.17) is 4.74 Å². The number of ether oxygens (including phenoxy) is 1. The topological polar surface area (TPSA) is 88.6 Å². The summed E-state index contributed by atoms with van der Waals surface area (Å²) in [5.41, 5.74) is 1.15. The number of nitrogens with one attached hydrogen (secondary N) is 1. The predicted octanol–water partition coefficient (Wildman–Crippen LogP) is 4.90. The van der Waals surface area contributed by atoms with Crippen molar-refractivity contribution >= 4 is 42.6 Å². The van der Waals surface area contributed by atoms with Gasteiger partial charge in [-0.25, -0.2) is 13.4 Å². The SMILES string of the molecule is CCN(C1CCCCC1)S(=O)(=O)c1ccc(C(=O)Nc2nc3ccc(OC)cc3s2)cc1. The Hall–Kier alpha value is -2.49. The lowest BCUT2D eigenvalue weighted by molar-refractivity contribution is 0.102. The summed E-state index contributed by atoms with van der Waals surface area (Å²) in [5.74, 6) is 0.393. The fourth-order valence-corrected chi connectivity index (χ4v) is 6.75. The highest BCUT2D eigenvalue weighted by Crippen LogP contribution is 2.30. The number of rotatable bonds is 7. The molecule has 1 aromatic heterocycles. The molecule has 9 heteroatoms. The van der Waals surface area contributed by atoms with Crippen molar-refractivity contribution in [2.75, 3.05) is 19.0 Å². The van der Waals surface area contributed by atoms with E-state index in [1.807, 2.05) is 25.1 Å². The third-order valence-electron chi connectivity index (χ3n) is 5.83. The van der Waals surface area contributed by atoms with Gasteiger partial charge in [0.1, 0.15) is 5.75 Å². The van der Waals surface area contributed by atoms with Gasteiger partial charge < -0.3 is 4.74 Å². The zero-order chi connectivity index (χ0) is 22.7. The van der Waals surface area contributed by atoms with Crippen LogP contribution in [0, 0.1) is 0 Å². The molecule has 1 amide bonds. The maximum absolute atomic E-state index is 13.2. The molecular weight excluding hydrogens is 446 g/mol. The predicted molar refractivity (Wildman–Crippen MR) is 127 cm³/mol. The van der Waals surface area contributed by atoms with Crippen molar-refractivity contribution < 1.29 is 17.9 Å². The Morgan fingerprint density at radius 3 is 2.53 bits per heavy atom. The number of thiazole rings is 1. The van der Waals surface area contributed by atoms with Crippen molar-refractivity contribution in [3.8, 4) is 5.75 Å². The minimum Gasteiger partial charge on any atom is -0.497 e. The Kier molecular flexibility index (Phi) is 6.78. The molecule has 7 nitrogen and oxygen atoms in total. The molecule has 0 atom stereocenters. The number of anilines is 1. The summed E-state index contributed by atoms with van der Waals surface area (Å²) >= 11 is 1.35. The van der Waals surface area contributed by atoms with Gasteiger partial charge >= 0.3 is 0 Å². The number of hydrogen-bond acceptors (Lipinski definition) is 6. The smallest absolute Gasteiger partial charge is 0.257 e. The lowest BCUT2D eigenvalue weighted by atomic mass is 9.95. The van der Waals surface area contributed by atoms with Gasteiger partial charge in [-0.1, -0.05) is 37.5 Å². The average Bonchev–Trinajstić information content (AvgIpc) is 3.21. The first-order chi connectivity index (χ1) is 15.4. The first-order valence-corrected chi connectivity index (χ1v) is 13.1. The second kappa shape index (κ2) is 9.56. The summed E-state index contributed by atoms with van der Waals surface area (Å²) in [7, 11) is -2.00. The maximum Gasteiger partial charge on any atom is 0.257 e. The van der Waals surface area contributed by atoms with Crippen LogP contribution in [-0.2, 0) is 10.0 Å². The van der Waals surface area contributed by atoms with Crippen LogP contribution < -0.4 is 10.1 Å². The molecule has 32 heavy (non-hydrogen) atoms. The molecule has 1 aliphatic carbocycles. The fraction of sp³-hybridized carbons (Fsp3) is 0.391. The Morgan fingerprint density at radius 2 is 1.88 bits per heavy atom. The van der Waals surface area contributed by atoms with Gasteiger partial charge in [-0.15, -0.1) is 0 Å². The van der Waals surface area contributed by atoms with E-state index in [0.29, 0.717) is 17.2 Å². The highest BCUT2D eigenvalue weighted by atomic mass is 32.2. The van der Waals surface area contributed by atoms with Gasteiger partial charge in [0.15, 0.2) is 5.13 Å². The van der Waals surface area contributed by atoms with Crippen molar-refractivity contribution in [2.24, 2.45) is 0 Å². The number of hydrogen-bond donors (Lipinski definition) is 1. The summed E-state index contributed by atoms with van der Waals surface area (Å²) < 4.78 is 34.1. The van der Waals surface area contributed by atoms with Gasteiger partial charge in [-0.2, -0.15) is 4.31 Å². The van der Waals surface area contributed by atoms with Crippen LogP contribution in [0.25, 0.3) is 10.2 Å². The molecule has 0 spiro atoms. The molecule has 4 rings (SSSR count). The summed E-state index contributed by atoms with van der Waals surface area (Å²) in [6, 6.07) is 11.7. The zero-order valence-electron chi connectivity index (χ0n) is 18.2. The van der Waals surface area contributed by atoms with Crippen LogP contribution in [0.2, 0.25) is 0 Å². The molecule has 1 heterocycles. The van der Waals surface area contributed by atoms with Crippen molar-refractivity contribution in [1.82, 2.24) is 9.29 Å². The Balaban J connectivity index is 1.49. The minimum atomic E-state index is -3.60. The molecule has 170 valence electrons. The van der Waals surface area contributed by atoms with Gasteiger partial charge in [0, 0.05) is 18.2 Å². The summed E-state index contributed by atoms with van der Waals surface area (Å²) in [6.07, 6.45) is 5.10. The van der Waals surface area contributed by atoms with Gasteiger partial charge in [0.2, 0.25) is 10.0 Å². The van der Waals surface area contributed by atoms with Gasteiger partial charge in [-0.3, -0.25) is 10.1 Å². The number of benzene rings is 2. The van der Waals surface area contributed by atoms with Crippen LogP contribution in [0.1, 0.15) is 49.4 Å². The van der Waals surface area contributed by atoms with E-state index in [2.05, 4.69) is 10.3 Å². The van der Waals surface area contributed by atoms with Crippen LogP contribution in [0.3, 0.4) is 0 Å². The maximum atomic E-state index is 13.2. The molecular formula is C23H27N3O4S2. The third kappa shape index (κ3) is 4.65. The van der Waals surface area contributed by atoms with E-state index in [-0.39, 0.29) is 16.8 Å². The Labute approximate surface area is 192 Å². The van der Waals surface area contributed by atoms with Gasteiger partial charge in [-0.05, 0) is 55.3 Å². The van der Waals surface area contributed by atoms with Crippen LogP contribution in [0.5, 0.6) is 5.75 Å². The Bertz CT molecular complexity index is 1200. The number of methoxy groups -OCH3 is 1. The second-order valence-corrected chi connectivity index (χ2v) is 10.8. The molecule has 0 unspecified atom stereocenters. The number of aromatic nitrogens is 1. The Morgan fingerprint density at radius 1 is 1.16 bits per heavy atom. The van der Waals surface area contributed by atoms with E-state index in [0.717, 1.165) is 41.6 Å². The van der Waals surface area contributed by atoms with E-state index in [9.17, 15) is 13.2 Å². The molecule has 0 aliphatic heterocycles. The van der Waals surface area contributed by atoms with E-state index < -0.39 is 10.0 Å². The summed E-state index contributed by atoms with van der Waals surface area (Å²) in [5, 5.41) is 3.27. The molecule has 0 radical (unpaired) electrons. The molecule has 1 fully saturated rings. The number of carbonyl (C=O) groups excluding carboxylic acids is 1. The molecule has 1 saturated carbocycles. The normalized spacial score (nSPS) is 15.2. The van der Waals surface area contributed by atoms with Gasteiger partial charge in [0.25, 0.3) is 5.91 Å². The molecule has 1 N–H and O–H groups in total. The molecule has 2 aromatic carbocycles. The van der Waals surface area contributed by atoms with Crippen molar-refractivity contribution in [1.29, 1.82) is 0 Å². The lowest BCUT2D eigenvalue weighted by Gasteiger charge is -2.32. The first-order valence-electron chi connectivity index (χ1n) is 10.8. The number of sulfonamides is 1. The minimum absolute atomic E-state index is 0.0550. The molecule has 0 bridgehead atoms. The van der Waals surface area contributed by atoms with Crippen molar-refractivity contribution in [2.45, 2.75) is 50.0 Å². The highest BCUT2D eigenvalue weighted by Gasteiger charge is 2.31. The summed E-state index contributed by atoms with van der Waals surface area (Å²) in [4.78, 5) is 17.3. The summed E-state index contributed by atoms with van der Waals surface area (Å²) in [6.45, 7) is 2.32. The monoisotopic (exact) mass is 473 g/mol. The third-order valence-corrected chi connectivity index (χ3v) is 8.81. The van der Waals surface area contributed by atoms with Crippen LogP contribution >= 0.6 is 11.3 Å². The van der Waals surface area contributed by atoms with Crippen LogP contribution in [-0.4, -0.2) is 43.3 Å². The molecule has 1 aliphatic rings. The first kappa shape index (κ1) is 22.7.